The number of hydrogen-bond acceptors (Lipinski definition) is 4. The number of methoxy groups -OCH3 is 1. The van der Waals surface area contributed by atoms with Crippen LogP contribution < -0.4 is 14.8 Å². The lowest BCUT2D eigenvalue weighted by atomic mass is 9.90. The Balaban J connectivity index is 1.05. The van der Waals surface area contributed by atoms with Crippen molar-refractivity contribution in [2.75, 3.05) is 26.7 Å². The molecule has 3 aromatic rings. The monoisotopic (exact) mass is 498 g/mol. The number of rotatable bonds is 11. The Hall–Kier alpha value is -3.31. The lowest BCUT2D eigenvalue weighted by molar-refractivity contribution is -0.123. The molecule has 1 aliphatic carbocycles. The first-order valence-corrected chi connectivity index (χ1v) is 13.5. The number of ether oxygens (including phenoxy) is 2. The van der Waals surface area contributed by atoms with E-state index in [1.807, 2.05) is 30.3 Å². The number of nitrogens with zero attached hydrogens (tertiary/aromatic N) is 1. The van der Waals surface area contributed by atoms with Crippen molar-refractivity contribution in [2.24, 2.45) is 11.3 Å². The zero-order valence-corrected chi connectivity index (χ0v) is 21.8. The molecular formula is C32H38N2O3. The maximum Gasteiger partial charge on any atom is 0.223 e. The van der Waals surface area contributed by atoms with Crippen LogP contribution in [0.15, 0.2) is 78.9 Å². The molecule has 3 aromatic carbocycles. The lowest BCUT2D eigenvalue weighted by Gasteiger charge is -2.33. The van der Waals surface area contributed by atoms with Gasteiger partial charge in [0.2, 0.25) is 5.91 Å². The molecule has 0 radical (unpaired) electrons. The fourth-order valence-corrected chi connectivity index (χ4v) is 5.62. The molecule has 1 atom stereocenters. The average Bonchev–Trinajstić information content (AvgIpc) is 3.66. The molecular weight excluding hydrogens is 460 g/mol. The molecule has 37 heavy (non-hydrogen) atoms. The predicted octanol–water partition coefficient (Wildman–Crippen LogP) is 5.63. The molecule has 1 aliphatic heterocycles. The Morgan fingerprint density at radius 1 is 0.919 bits per heavy atom. The summed E-state index contributed by atoms with van der Waals surface area (Å²) in [7, 11) is 1.69. The predicted molar refractivity (Wildman–Crippen MR) is 147 cm³/mol. The maximum atomic E-state index is 12.8. The maximum absolute atomic E-state index is 12.8. The SMILES string of the molecule is COc1cc(CN2CCC3(CC2)C[C@@H]3C(=O)NCCCc2ccccc2)ccc1OCc1ccccc1. The minimum Gasteiger partial charge on any atom is -0.493 e. The van der Waals surface area contributed by atoms with Gasteiger partial charge in [-0.3, -0.25) is 9.69 Å². The molecule has 0 unspecified atom stereocenters. The fourth-order valence-electron chi connectivity index (χ4n) is 5.62. The third kappa shape index (κ3) is 6.53. The van der Waals surface area contributed by atoms with Gasteiger partial charge in [0.1, 0.15) is 6.61 Å². The summed E-state index contributed by atoms with van der Waals surface area (Å²) in [5.41, 5.74) is 3.92. The highest BCUT2D eigenvalue weighted by Crippen LogP contribution is 2.59. The van der Waals surface area contributed by atoms with Crippen LogP contribution in [0, 0.1) is 11.3 Å². The van der Waals surface area contributed by atoms with Crippen LogP contribution in [0.3, 0.4) is 0 Å². The van der Waals surface area contributed by atoms with Crippen LogP contribution >= 0.6 is 0 Å². The number of aryl methyl sites for hydroxylation is 1. The van der Waals surface area contributed by atoms with E-state index in [1.165, 1.54) is 11.1 Å². The van der Waals surface area contributed by atoms with Gasteiger partial charge < -0.3 is 14.8 Å². The van der Waals surface area contributed by atoms with Gasteiger partial charge >= 0.3 is 0 Å². The van der Waals surface area contributed by atoms with Crippen molar-refractivity contribution in [1.29, 1.82) is 0 Å². The van der Waals surface area contributed by atoms with Gasteiger partial charge in [0.05, 0.1) is 7.11 Å². The van der Waals surface area contributed by atoms with Crippen molar-refractivity contribution >= 4 is 5.91 Å². The number of likely N-dealkylation sites (tertiary alicyclic amines) is 1. The number of carbonyl (C=O) groups is 1. The second kappa shape index (κ2) is 11.8. The number of hydrogen-bond donors (Lipinski definition) is 1. The minimum atomic E-state index is 0.201. The van der Waals surface area contributed by atoms with Crippen molar-refractivity contribution in [3.63, 3.8) is 0 Å². The second-order valence-corrected chi connectivity index (χ2v) is 10.5. The lowest BCUT2D eigenvalue weighted by Crippen LogP contribution is -2.37. The van der Waals surface area contributed by atoms with Gasteiger partial charge in [-0.2, -0.15) is 0 Å². The first kappa shape index (κ1) is 25.3. The van der Waals surface area contributed by atoms with E-state index >= 15 is 0 Å². The molecule has 2 fully saturated rings. The van der Waals surface area contributed by atoms with Crippen LogP contribution in [-0.4, -0.2) is 37.6 Å². The van der Waals surface area contributed by atoms with Gasteiger partial charge in [0.25, 0.3) is 0 Å². The van der Waals surface area contributed by atoms with Gasteiger partial charge in [-0.1, -0.05) is 66.7 Å². The van der Waals surface area contributed by atoms with Crippen LogP contribution in [0.25, 0.3) is 0 Å². The number of nitrogens with one attached hydrogen (secondary N) is 1. The molecule has 1 N–H and O–H groups in total. The van der Waals surface area contributed by atoms with Crippen LogP contribution in [0.1, 0.15) is 42.4 Å². The summed E-state index contributed by atoms with van der Waals surface area (Å²) < 4.78 is 11.6. The molecule has 0 bridgehead atoms. The van der Waals surface area contributed by atoms with E-state index < -0.39 is 0 Å². The molecule has 0 aromatic heterocycles. The van der Waals surface area contributed by atoms with Gasteiger partial charge in [0, 0.05) is 19.0 Å². The number of piperidine rings is 1. The summed E-state index contributed by atoms with van der Waals surface area (Å²) in [4.78, 5) is 15.3. The Labute approximate surface area is 220 Å². The van der Waals surface area contributed by atoms with Crippen molar-refractivity contribution in [1.82, 2.24) is 10.2 Å². The summed E-state index contributed by atoms with van der Waals surface area (Å²) >= 11 is 0. The third-order valence-electron chi connectivity index (χ3n) is 8.01. The fraction of sp³-hybridized carbons (Fsp3) is 0.406. The third-order valence-corrected chi connectivity index (χ3v) is 8.01. The summed E-state index contributed by atoms with van der Waals surface area (Å²) in [6.45, 7) is 4.24. The largest absolute Gasteiger partial charge is 0.493 e. The van der Waals surface area contributed by atoms with Crippen LogP contribution in [0.4, 0.5) is 0 Å². The first-order chi connectivity index (χ1) is 18.1. The summed E-state index contributed by atoms with van der Waals surface area (Å²) in [5, 5.41) is 3.20. The number of carbonyl (C=O) groups excluding carboxylic acids is 1. The van der Waals surface area contributed by atoms with E-state index in [9.17, 15) is 4.79 Å². The van der Waals surface area contributed by atoms with E-state index in [2.05, 4.69) is 58.7 Å². The minimum absolute atomic E-state index is 0.201. The summed E-state index contributed by atoms with van der Waals surface area (Å²) in [5.74, 6) is 2.00. The molecule has 194 valence electrons. The zero-order chi connectivity index (χ0) is 25.5. The molecule has 2 aliphatic rings. The van der Waals surface area contributed by atoms with Crippen molar-refractivity contribution < 1.29 is 14.3 Å². The number of benzene rings is 3. The Morgan fingerprint density at radius 3 is 2.32 bits per heavy atom. The van der Waals surface area contributed by atoms with Crippen molar-refractivity contribution in [2.45, 2.75) is 45.3 Å². The van der Waals surface area contributed by atoms with Crippen LogP contribution in [-0.2, 0) is 24.4 Å². The average molecular weight is 499 g/mol. The number of amides is 1. The van der Waals surface area contributed by atoms with Gasteiger partial charge in [-0.25, -0.2) is 0 Å². The van der Waals surface area contributed by atoms with E-state index in [0.29, 0.717) is 6.61 Å². The highest BCUT2D eigenvalue weighted by atomic mass is 16.5. The van der Waals surface area contributed by atoms with E-state index in [1.54, 1.807) is 7.11 Å². The quantitative estimate of drug-likeness (QED) is 0.349. The van der Waals surface area contributed by atoms with E-state index in [4.69, 9.17) is 9.47 Å². The smallest absolute Gasteiger partial charge is 0.223 e. The van der Waals surface area contributed by atoms with Crippen molar-refractivity contribution in [3.05, 3.63) is 95.6 Å². The molecule has 1 amide bonds. The molecule has 5 heteroatoms. The molecule has 1 saturated heterocycles. The van der Waals surface area contributed by atoms with Gasteiger partial charge in [0.15, 0.2) is 11.5 Å². The standard InChI is InChI=1S/C32H38N2O3/c1-36-30-21-27(14-15-29(30)37-24-26-11-6-3-7-12-26)23-34-19-16-32(17-20-34)22-28(32)31(35)33-18-8-13-25-9-4-2-5-10-25/h2-7,9-12,14-15,21,28H,8,13,16-20,22-24H2,1H3,(H,33,35)/t28-/m1/s1. The Bertz CT molecular complexity index is 1160. The van der Waals surface area contributed by atoms with Crippen LogP contribution in [0.2, 0.25) is 0 Å². The van der Waals surface area contributed by atoms with Crippen LogP contribution in [0.5, 0.6) is 11.5 Å². The second-order valence-electron chi connectivity index (χ2n) is 10.5. The van der Waals surface area contributed by atoms with Crippen molar-refractivity contribution in [3.8, 4) is 11.5 Å². The van der Waals surface area contributed by atoms with Gasteiger partial charge in [-0.05, 0) is 79.4 Å². The molecule has 1 saturated carbocycles. The highest BCUT2D eigenvalue weighted by Gasteiger charge is 2.58. The molecule has 5 rings (SSSR count). The van der Waals surface area contributed by atoms with Gasteiger partial charge in [-0.15, -0.1) is 0 Å². The zero-order valence-electron chi connectivity index (χ0n) is 21.8. The molecule has 1 spiro atoms. The first-order valence-electron chi connectivity index (χ1n) is 13.5. The normalized spacial score (nSPS) is 18.4. The molecule has 1 heterocycles. The van der Waals surface area contributed by atoms with E-state index in [-0.39, 0.29) is 17.2 Å². The summed E-state index contributed by atoms with van der Waals surface area (Å²) in [6.07, 6.45) is 5.25. The van der Waals surface area contributed by atoms with E-state index in [0.717, 1.165) is 75.3 Å². The topological polar surface area (TPSA) is 50.8 Å². The summed E-state index contributed by atoms with van der Waals surface area (Å²) in [6, 6.07) is 26.9. The highest BCUT2D eigenvalue weighted by molar-refractivity contribution is 5.82. The molecule has 5 nitrogen and oxygen atoms in total. The Kier molecular flexibility index (Phi) is 8.10. The Morgan fingerprint density at radius 2 is 1.62 bits per heavy atom.